The summed E-state index contributed by atoms with van der Waals surface area (Å²) in [7, 11) is 0. The molecule has 4 aromatic rings. The number of carbonyl (C=O) groups excluding carboxylic acids is 1. The summed E-state index contributed by atoms with van der Waals surface area (Å²) in [5.74, 6) is 0.423. The molecule has 7 heteroatoms. The van der Waals surface area contributed by atoms with Gasteiger partial charge in [0.1, 0.15) is 11.3 Å². The third-order valence-corrected chi connectivity index (χ3v) is 4.63. The minimum Gasteiger partial charge on any atom is -0.454 e. The van der Waals surface area contributed by atoms with Crippen molar-refractivity contribution in [2.45, 2.75) is 0 Å². The van der Waals surface area contributed by atoms with E-state index < -0.39 is 0 Å². The Hall–Kier alpha value is -3.03. The first-order valence-electron chi connectivity index (χ1n) is 7.81. The van der Waals surface area contributed by atoms with Gasteiger partial charge in [0, 0.05) is 16.3 Å². The maximum atomic E-state index is 12.1. The zero-order valence-corrected chi connectivity index (χ0v) is 15.1. The van der Waals surface area contributed by atoms with Crippen molar-refractivity contribution in [3.63, 3.8) is 0 Å². The zero-order chi connectivity index (χ0) is 17.9. The normalized spacial score (nSPS) is 10.6. The number of fused-ring (bicyclic) bond motifs is 1. The molecule has 0 aliphatic rings. The van der Waals surface area contributed by atoms with Crippen molar-refractivity contribution in [3.05, 3.63) is 71.6 Å². The monoisotopic (exact) mass is 379 g/mol. The molecule has 0 saturated carbocycles. The van der Waals surface area contributed by atoms with Crippen LogP contribution in [0.25, 0.3) is 22.4 Å². The third kappa shape index (κ3) is 3.49. The number of anilines is 1. The minimum atomic E-state index is -0.267. The van der Waals surface area contributed by atoms with Crippen LogP contribution in [0.1, 0.15) is 10.4 Å². The molecular weight excluding hydrogens is 366 g/mol. The fourth-order valence-electron chi connectivity index (χ4n) is 2.45. The van der Waals surface area contributed by atoms with Crippen molar-refractivity contribution >= 4 is 50.7 Å². The Kier molecular flexibility index (Phi) is 4.47. The predicted molar refractivity (Wildman–Crippen MR) is 107 cm³/mol. The molecule has 2 aromatic carbocycles. The van der Waals surface area contributed by atoms with Crippen LogP contribution < -0.4 is 10.6 Å². The molecule has 128 valence electrons. The Morgan fingerprint density at radius 1 is 1.08 bits per heavy atom. The molecule has 0 saturated heterocycles. The second-order valence-corrected chi connectivity index (χ2v) is 6.73. The molecule has 0 spiro atoms. The van der Waals surface area contributed by atoms with Gasteiger partial charge in [-0.3, -0.25) is 10.1 Å². The maximum absolute atomic E-state index is 12.1. The Bertz CT molecular complexity index is 1050. The van der Waals surface area contributed by atoms with E-state index in [-0.39, 0.29) is 11.0 Å². The van der Waals surface area contributed by atoms with Crippen LogP contribution in [0.4, 0.5) is 5.13 Å². The van der Waals surface area contributed by atoms with E-state index in [2.05, 4.69) is 15.6 Å². The van der Waals surface area contributed by atoms with Gasteiger partial charge in [-0.2, -0.15) is 0 Å². The highest BCUT2D eigenvalue weighted by atomic mass is 32.1. The fourth-order valence-corrected chi connectivity index (χ4v) is 3.40. The lowest BCUT2D eigenvalue weighted by molar-refractivity contribution is 0.0977. The second-order valence-electron chi connectivity index (χ2n) is 5.46. The lowest BCUT2D eigenvalue weighted by Gasteiger charge is -2.06. The summed E-state index contributed by atoms with van der Waals surface area (Å²) in [5.41, 5.74) is 2.07. The molecule has 5 nitrogen and oxygen atoms in total. The van der Waals surface area contributed by atoms with E-state index >= 15 is 0 Å². The van der Waals surface area contributed by atoms with Gasteiger partial charge in [-0.15, -0.1) is 11.3 Å². The summed E-state index contributed by atoms with van der Waals surface area (Å²) in [6.07, 6.45) is 0. The van der Waals surface area contributed by atoms with Gasteiger partial charge in [0.25, 0.3) is 5.91 Å². The highest BCUT2D eigenvalue weighted by molar-refractivity contribution is 7.80. The number of hydrogen-bond donors (Lipinski definition) is 2. The third-order valence-electron chi connectivity index (χ3n) is 3.67. The number of furan rings is 1. The summed E-state index contributed by atoms with van der Waals surface area (Å²) in [6, 6.07) is 18.6. The van der Waals surface area contributed by atoms with Gasteiger partial charge < -0.3 is 9.73 Å². The number of benzene rings is 2. The van der Waals surface area contributed by atoms with E-state index in [1.807, 2.05) is 41.8 Å². The minimum absolute atomic E-state index is 0.198. The lowest BCUT2D eigenvalue weighted by Crippen LogP contribution is -2.34. The second kappa shape index (κ2) is 7.07. The molecule has 2 heterocycles. The summed E-state index contributed by atoms with van der Waals surface area (Å²) in [4.78, 5) is 16.6. The predicted octanol–water partition coefficient (Wildman–Crippen LogP) is 4.68. The maximum Gasteiger partial charge on any atom is 0.257 e. The van der Waals surface area contributed by atoms with Gasteiger partial charge in [-0.05, 0) is 36.5 Å². The number of nitrogens with zero attached hydrogens (tertiary/aromatic N) is 1. The molecule has 4 rings (SSSR count). The first-order chi connectivity index (χ1) is 12.7. The van der Waals surface area contributed by atoms with Gasteiger partial charge in [0.05, 0.1) is 0 Å². The van der Waals surface area contributed by atoms with E-state index in [4.69, 9.17) is 16.6 Å². The molecule has 0 radical (unpaired) electrons. The van der Waals surface area contributed by atoms with Crippen LogP contribution in [-0.4, -0.2) is 16.0 Å². The van der Waals surface area contributed by atoms with Crippen LogP contribution in [0.5, 0.6) is 0 Å². The molecule has 0 aliphatic carbocycles. The number of para-hydroxylation sites is 1. The van der Waals surface area contributed by atoms with Gasteiger partial charge in [0.2, 0.25) is 0 Å². The summed E-state index contributed by atoms with van der Waals surface area (Å²) in [5, 5.41) is 9.25. The van der Waals surface area contributed by atoms with Crippen LogP contribution in [0.3, 0.4) is 0 Å². The van der Waals surface area contributed by atoms with Gasteiger partial charge >= 0.3 is 0 Å². The first-order valence-corrected chi connectivity index (χ1v) is 9.10. The smallest absolute Gasteiger partial charge is 0.257 e. The summed E-state index contributed by atoms with van der Waals surface area (Å²) in [6.45, 7) is 0. The number of rotatable bonds is 3. The zero-order valence-electron chi connectivity index (χ0n) is 13.4. The number of amides is 1. The highest BCUT2D eigenvalue weighted by Crippen LogP contribution is 2.30. The Morgan fingerprint density at radius 2 is 1.85 bits per heavy atom. The highest BCUT2D eigenvalue weighted by Gasteiger charge is 2.12. The van der Waals surface area contributed by atoms with Crippen LogP contribution in [0.15, 0.2) is 70.5 Å². The number of hydrogen-bond acceptors (Lipinski definition) is 5. The van der Waals surface area contributed by atoms with E-state index in [1.165, 1.54) is 11.3 Å². The van der Waals surface area contributed by atoms with Crippen LogP contribution in [0, 0.1) is 0 Å². The van der Waals surface area contributed by atoms with Gasteiger partial charge in [0.15, 0.2) is 16.0 Å². The molecule has 0 aliphatic heterocycles. The SMILES string of the molecule is O=C(NC(=S)Nc1nc(-c2cc3ccccc3o2)cs1)c1ccccc1. The average Bonchev–Trinajstić information content (AvgIpc) is 3.28. The van der Waals surface area contributed by atoms with Gasteiger partial charge in [-0.25, -0.2) is 4.98 Å². The largest absolute Gasteiger partial charge is 0.454 e. The number of nitrogens with one attached hydrogen (secondary N) is 2. The van der Waals surface area contributed by atoms with Crippen LogP contribution >= 0.6 is 23.6 Å². The summed E-state index contributed by atoms with van der Waals surface area (Å²) >= 11 is 6.58. The fraction of sp³-hybridized carbons (Fsp3) is 0. The Balaban J connectivity index is 1.44. The lowest BCUT2D eigenvalue weighted by atomic mass is 10.2. The van der Waals surface area contributed by atoms with Crippen molar-refractivity contribution in [2.24, 2.45) is 0 Å². The van der Waals surface area contributed by atoms with Crippen molar-refractivity contribution < 1.29 is 9.21 Å². The topological polar surface area (TPSA) is 67.2 Å². The quantitative estimate of drug-likeness (QED) is 0.506. The molecule has 0 unspecified atom stereocenters. The van der Waals surface area contributed by atoms with Crippen molar-refractivity contribution in [3.8, 4) is 11.5 Å². The molecule has 1 amide bonds. The van der Waals surface area contributed by atoms with E-state index in [9.17, 15) is 4.79 Å². The van der Waals surface area contributed by atoms with Crippen LogP contribution in [0.2, 0.25) is 0 Å². The molecule has 2 N–H and O–H groups in total. The van der Waals surface area contributed by atoms with Crippen molar-refractivity contribution in [2.75, 3.05) is 5.32 Å². The standard InChI is InChI=1S/C19H13N3O2S2/c23-17(12-6-2-1-3-7-12)21-18(25)22-19-20-14(11-26-19)16-10-13-8-4-5-9-15(13)24-16/h1-11H,(H2,20,21,22,23,25). The van der Waals surface area contributed by atoms with Crippen LogP contribution in [-0.2, 0) is 0 Å². The molecule has 0 bridgehead atoms. The molecule has 0 atom stereocenters. The van der Waals surface area contributed by atoms with Crippen molar-refractivity contribution in [1.82, 2.24) is 10.3 Å². The number of aromatic nitrogens is 1. The number of carbonyl (C=O) groups is 1. The molecule has 26 heavy (non-hydrogen) atoms. The average molecular weight is 379 g/mol. The van der Waals surface area contributed by atoms with E-state index in [1.54, 1.807) is 24.3 Å². The van der Waals surface area contributed by atoms with E-state index in [0.717, 1.165) is 11.0 Å². The van der Waals surface area contributed by atoms with E-state index in [0.29, 0.717) is 22.1 Å². The van der Waals surface area contributed by atoms with Gasteiger partial charge in [-0.1, -0.05) is 36.4 Å². The Labute approximate surface area is 158 Å². The molecule has 2 aromatic heterocycles. The summed E-state index contributed by atoms with van der Waals surface area (Å²) < 4.78 is 5.81. The molecular formula is C19H13N3O2S2. The number of thiocarbonyl (C=S) groups is 1. The Morgan fingerprint density at radius 3 is 2.65 bits per heavy atom. The first kappa shape index (κ1) is 16.4. The number of thiazole rings is 1. The van der Waals surface area contributed by atoms with Crippen molar-refractivity contribution in [1.29, 1.82) is 0 Å². The molecule has 0 fully saturated rings.